The number of nitrogen functional groups attached to an aromatic ring is 1. The molecule has 0 aliphatic heterocycles. The Morgan fingerprint density at radius 1 is 1.23 bits per heavy atom. The summed E-state index contributed by atoms with van der Waals surface area (Å²) in [5, 5.41) is 10.7. The zero-order valence-corrected chi connectivity index (χ0v) is 18.1. The third kappa shape index (κ3) is 3.52. The molecule has 0 unspecified atom stereocenters. The maximum atomic E-state index is 10.2. The number of nitrogens with two attached hydrogens (primary N) is 1. The number of halogens is 1. The number of aromatic nitrogens is 3. The number of imidazole rings is 1. The summed E-state index contributed by atoms with van der Waals surface area (Å²) in [6, 6.07) is 13.4. The molecule has 1 aliphatic rings. The van der Waals surface area contributed by atoms with Crippen molar-refractivity contribution < 1.29 is 9.84 Å². The largest absolute Gasteiger partial charge is 0.456 e. The molecular formula is C24H23ClN4O2. The second kappa shape index (κ2) is 7.25. The Morgan fingerprint density at radius 3 is 2.65 bits per heavy atom. The molecule has 31 heavy (non-hydrogen) atoms. The van der Waals surface area contributed by atoms with Gasteiger partial charge in [-0.25, -0.2) is 9.97 Å². The summed E-state index contributed by atoms with van der Waals surface area (Å²) in [7, 11) is 0. The smallest absolute Gasteiger partial charge is 0.150 e. The van der Waals surface area contributed by atoms with Crippen LogP contribution >= 0.6 is 11.6 Å². The van der Waals surface area contributed by atoms with E-state index in [-0.39, 0.29) is 5.92 Å². The number of ether oxygens (including phenoxy) is 1. The van der Waals surface area contributed by atoms with Gasteiger partial charge in [-0.15, -0.1) is 0 Å². The third-order valence-electron chi connectivity index (χ3n) is 5.81. The molecule has 0 atom stereocenters. The first kappa shape index (κ1) is 19.8. The van der Waals surface area contributed by atoms with Crippen LogP contribution in [-0.2, 0) is 0 Å². The second-order valence-corrected chi connectivity index (χ2v) is 8.88. The summed E-state index contributed by atoms with van der Waals surface area (Å²) in [5.74, 6) is 2.78. The Hall–Kier alpha value is -3.09. The second-order valence-electron chi connectivity index (χ2n) is 8.47. The molecular weight excluding hydrogens is 412 g/mol. The Morgan fingerprint density at radius 2 is 1.97 bits per heavy atom. The number of aryl methyl sites for hydroxylation is 1. The summed E-state index contributed by atoms with van der Waals surface area (Å²) in [6.45, 7) is 3.81. The van der Waals surface area contributed by atoms with Gasteiger partial charge in [0.1, 0.15) is 34.4 Å². The van der Waals surface area contributed by atoms with Gasteiger partial charge in [0, 0.05) is 23.9 Å². The number of hydrogen-bond donors (Lipinski definition) is 2. The molecule has 3 N–H and O–H groups in total. The van der Waals surface area contributed by atoms with Crippen LogP contribution < -0.4 is 10.5 Å². The third-order valence-corrected chi connectivity index (χ3v) is 6.09. The van der Waals surface area contributed by atoms with E-state index in [1.54, 1.807) is 6.20 Å². The molecule has 1 fully saturated rings. The van der Waals surface area contributed by atoms with Crippen LogP contribution in [0.4, 0.5) is 5.82 Å². The first-order chi connectivity index (χ1) is 14.8. The molecule has 0 bridgehead atoms. The van der Waals surface area contributed by atoms with Crippen LogP contribution in [0.1, 0.15) is 37.1 Å². The maximum Gasteiger partial charge on any atom is 0.150 e. The van der Waals surface area contributed by atoms with Gasteiger partial charge in [0.2, 0.25) is 0 Å². The highest BCUT2D eigenvalue weighted by atomic mass is 35.5. The zero-order chi connectivity index (χ0) is 21.8. The minimum absolute atomic E-state index is 0.162. The normalized spacial score (nSPS) is 20.6. The topological polar surface area (TPSA) is 85.7 Å². The number of anilines is 1. The van der Waals surface area contributed by atoms with Crippen molar-refractivity contribution in [3.8, 4) is 22.8 Å². The van der Waals surface area contributed by atoms with E-state index in [0.29, 0.717) is 29.4 Å². The molecule has 2 aromatic carbocycles. The van der Waals surface area contributed by atoms with Crippen molar-refractivity contribution >= 4 is 22.9 Å². The number of para-hydroxylation sites is 1. The molecule has 2 heterocycles. The Labute approximate surface area is 185 Å². The van der Waals surface area contributed by atoms with E-state index in [4.69, 9.17) is 27.1 Å². The fourth-order valence-electron chi connectivity index (χ4n) is 4.36. The number of rotatable bonds is 4. The molecule has 1 aliphatic carbocycles. The molecule has 5 rings (SSSR count). The van der Waals surface area contributed by atoms with E-state index in [0.717, 1.165) is 33.9 Å². The standard InChI is InChI=1S/C24H23ClN4O2/c1-14-10-15(11-18(25)21(14)31-17-6-4-3-5-7-17)19-20-22(26)27-8-9-29(20)23(28-19)16-12-24(2,30)13-16/h3-11,16,30H,12-13H2,1-2H3,(H2,26,27). The van der Waals surface area contributed by atoms with Gasteiger partial charge >= 0.3 is 0 Å². The van der Waals surface area contributed by atoms with Crippen LogP contribution in [0.2, 0.25) is 5.02 Å². The molecule has 158 valence electrons. The van der Waals surface area contributed by atoms with E-state index in [1.807, 2.05) is 66.9 Å². The monoisotopic (exact) mass is 434 g/mol. The summed E-state index contributed by atoms with van der Waals surface area (Å²) < 4.78 is 7.99. The molecule has 0 amide bonds. The van der Waals surface area contributed by atoms with E-state index < -0.39 is 5.60 Å². The highest BCUT2D eigenvalue weighted by Gasteiger charge is 2.41. The summed E-state index contributed by atoms with van der Waals surface area (Å²) in [6.07, 6.45) is 4.86. The highest BCUT2D eigenvalue weighted by molar-refractivity contribution is 6.32. The molecule has 0 spiro atoms. The Balaban J connectivity index is 1.60. The lowest BCUT2D eigenvalue weighted by Crippen LogP contribution is -2.40. The lowest BCUT2D eigenvalue weighted by Gasteiger charge is -2.40. The fraction of sp³-hybridized carbons (Fsp3) is 0.250. The van der Waals surface area contributed by atoms with Crippen molar-refractivity contribution in [1.29, 1.82) is 0 Å². The van der Waals surface area contributed by atoms with E-state index in [1.165, 1.54) is 0 Å². The van der Waals surface area contributed by atoms with Crippen molar-refractivity contribution in [2.45, 2.75) is 38.2 Å². The van der Waals surface area contributed by atoms with Gasteiger partial charge in [0.25, 0.3) is 0 Å². The first-order valence-corrected chi connectivity index (χ1v) is 10.6. The highest BCUT2D eigenvalue weighted by Crippen LogP contribution is 2.46. The predicted molar refractivity (Wildman–Crippen MR) is 122 cm³/mol. The van der Waals surface area contributed by atoms with E-state index >= 15 is 0 Å². The summed E-state index contributed by atoms with van der Waals surface area (Å²) in [4.78, 5) is 9.20. The number of benzene rings is 2. The number of fused-ring (bicyclic) bond motifs is 1. The van der Waals surface area contributed by atoms with Crippen molar-refractivity contribution in [3.63, 3.8) is 0 Å². The molecule has 6 nitrogen and oxygen atoms in total. The average Bonchev–Trinajstić information content (AvgIpc) is 3.10. The molecule has 0 saturated heterocycles. The van der Waals surface area contributed by atoms with Crippen LogP contribution in [0.25, 0.3) is 16.8 Å². The number of aliphatic hydroxyl groups is 1. The quantitative estimate of drug-likeness (QED) is 0.451. The minimum Gasteiger partial charge on any atom is -0.456 e. The lowest BCUT2D eigenvalue weighted by molar-refractivity contribution is -0.0335. The average molecular weight is 435 g/mol. The van der Waals surface area contributed by atoms with Gasteiger partial charge in [-0.1, -0.05) is 29.8 Å². The summed E-state index contributed by atoms with van der Waals surface area (Å²) >= 11 is 6.63. The Bertz CT molecular complexity index is 1250. The van der Waals surface area contributed by atoms with Crippen LogP contribution in [0.15, 0.2) is 54.9 Å². The van der Waals surface area contributed by atoms with Gasteiger partial charge in [0.05, 0.1) is 10.6 Å². The minimum atomic E-state index is -0.647. The van der Waals surface area contributed by atoms with Crippen molar-refractivity contribution in [2.75, 3.05) is 5.73 Å². The van der Waals surface area contributed by atoms with Crippen molar-refractivity contribution in [1.82, 2.24) is 14.4 Å². The SMILES string of the molecule is Cc1cc(-c2nc(C3CC(C)(O)C3)n3ccnc(N)c23)cc(Cl)c1Oc1ccccc1. The summed E-state index contributed by atoms with van der Waals surface area (Å²) in [5.41, 5.74) is 8.81. The Kier molecular flexibility index (Phi) is 4.64. The van der Waals surface area contributed by atoms with Crippen molar-refractivity contribution in [3.05, 3.63) is 71.3 Å². The maximum absolute atomic E-state index is 10.2. The molecule has 7 heteroatoms. The molecule has 0 radical (unpaired) electrons. The van der Waals surface area contributed by atoms with Gasteiger partial charge in [-0.2, -0.15) is 0 Å². The number of nitrogens with zero attached hydrogens (tertiary/aromatic N) is 3. The van der Waals surface area contributed by atoms with Crippen molar-refractivity contribution in [2.24, 2.45) is 0 Å². The number of hydrogen-bond acceptors (Lipinski definition) is 5. The van der Waals surface area contributed by atoms with Gasteiger partial charge in [0.15, 0.2) is 0 Å². The fourth-order valence-corrected chi connectivity index (χ4v) is 4.67. The van der Waals surface area contributed by atoms with Gasteiger partial charge in [-0.05, 0) is 56.5 Å². The van der Waals surface area contributed by atoms with Crippen LogP contribution in [0.5, 0.6) is 11.5 Å². The van der Waals surface area contributed by atoms with E-state index in [9.17, 15) is 5.11 Å². The van der Waals surface area contributed by atoms with Gasteiger partial charge in [-0.3, -0.25) is 4.40 Å². The molecule has 1 saturated carbocycles. The molecule has 2 aromatic heterocycles. The molecule has 4 aromatic rings. The van der Waals surface area contributed by atoms with Gasteiger partial charge < -0.3 is 15.6 Å². The zero-order valence-electron chi connectivity index (χ0n) is 17.3. The van der Waals surface area contributed by atoms with E-state index in [2.05, 4.69) is 4.98 Å². The first-order valence-electron chi connectivity index (χ1n) is 10.2. The van der Waals surface area contributed by atoms with Crippen LogP contribution in [0.3, 0.4) is 0 Å². The predicted octanol–water partition coefficient (Wildman–Crippen LogP) is 5.36. The van der Waals surface area contributed by atoms with Crippen LogP contribution in [-0.4, -0.2) is 25.1 Å². The lowest BCUT2D eigenvalue weighted by atomic mass is 9.72. The van der Waals surface area contributed by atoms with Crippen LogP contribution in [0, 0.1) is 6.92 Å².